The second kappa shape index (κ2) is 5.55. The molecule has 0 saturated heterocycles. The minimum absolute atomic E-state index is 0.828. The fourth-order valence-corrected chi connectivity index (χ4v) is 2.93. The van der Waals surface area contributed by atoms with Crippen molar-refractivity contribution in [2.75, 3.05) is 6.54 Å². The molecule has 1 N–H and O–H groups in total. The van der Waals surface area contributed by atoms with Gasteiger partial charge in [-0.25, -0.2) is 0 Å². The van der Waals surface area contributed by atoms with Gasteiger partial charge in [0.05, 0.1) is 17.8 Å². The van der Waals surface area contributed by atoms with E-state index in [4.69, 9.17) is 5.10 Å². The van der Waals surface area contributed by atoms with Crippen molar-refractivity contribution in [3.8, 4) is 0 Å². The lowest BCUT2D eigenvalue weighted by molar-refractivity contribution is 0.661. The van der Waals surface area contributed by atoms with Gasteiger partial charge in [0, 0.05) is 16.8 Å². The molecule has 0 unspecified atom stereocenters. The van der Waals surface area contributed by atoms with E-state index in [1.165, 1.54) is 15.8 Å². The van der Waals surface area contributed by atoms with E-state index in [0.717, 1.165) is 25.3 Å². The maximum Gasteiger partial charge on any atom is 0.0841 e. The van der Waals surface area contributed by atoms with Gasteiger partial charge in [-0.1, -0.05) is 31.2 Å². The van der Waals surface area contributed by atoms with Crippen LogP contribution in [-0.2, 0) is 13.1 Å². The molecule has 0 fully saturated rings. The first-order chi connectivity index (χ1) is 9.38. The predicted octanol–water partition coefficient (Wildman–Crippen LogP) is 3.26. The van der Waals surface area contributed by atoms with Gasteiger partial charge in [0.1, 0.15) is 0 Å². The minimum Gasteiger partial charge on any atom is -0.311 e. The van der Waals surface area contributed by atoms with E-state index in [0.29, 0.717) is 0 Å². The molecule has 3 rings (SSSR count). The summed E-state index contributed by atoms with van der Waals surface area (Å²) in [5, 5.41) is 11.5. The Labute approximate surface area is 116 Å². The highest BCUT2D eigenvalue weighted by Crippen LogP contribution is 2.20. The molecule has 1 aromatic carbocycles. The first-order valence-electron chi connectivity index (χ1n) is 6.56. The average molecular weight is 271 g/mol. The second-order valence-electron chi connectivity index (χ2n) is 4.48. The molecule has 0 radical (unpaired) electrons. The first kappa shape index (κ1) is 12.4. The van der Waals surface area contributed by atoms with E-state index in [1.54, 1.807) is 11.3 Å². The van der Waals surface area contributed by atoms with Gasteiger partial charge in [-0.05, 0) is 24.1 Å². The van der Waals surface area contributed by atoms with Crippen molar-refractivity contribution in [2.45, 2.75) is 20.0 Å². The summed E-state index contributed by atoms with van der Waals surface area (Å²) >= 11 is 1.78. The first-order valence-corrected chi connectivity index (χ1v) is 7.44. The van der Waals surface area contributed by atoms with Crippen LogP contribution in [0.25, 0.3) is 10.9 Å². The van der Waals surface area contributed by atoms with E-state index in [2.05, 4.69) is 58.7 Å². The van der Waals surface area contributed by atoms with Crippen LogP contribution in [0.3, 0.4) is 0 Å². The van der Waals surface area contributed by atoms with Gasteiger partial charge in [0.25, 0.3) is 0 Å². The molecule has 0 aliphatic heterocycles. The van der Waals surface area contributed by atoms with Crippen LogP contribution in [0.5, 0.6) is 0 Å². The highest BCUT2D eigenvalue weighted by Gasteiger charge is 2.09. The Morgan fingerprint density at radius 2 is 2.11 bits per heavy atom. The Bertz CT molecular complexity index is 655. The van der Waals surface area contributed by atoms with E-state index in [1.807, 2.05) is 0 Å². The molecule has 2 aromatic heterocycles. The van der Waals surface area contributed by atoms with Crippen molar-refractivity contribution >= 4 is 22.2 Å². The van der Waals surface area contributed by atoms with Crippen molar-refractivity contribution < 1.29 is 0 Å². The Balaban J connectivity index is 1.99. The molecule has 3 aromatic rings. The molecule has 0 amide bonds. The highest BCUT2D eigenvalue weighted by atomic mass is 32.1. The largest absolute Gasteiger partial charge is 0.311 e. The zero-order valence-electron chi connectivity index (χ0n) is 11.0. The number of para-hydroxylation sites is 1. The Kier molecular flexibility index (Phi) is 3.62. The lowest BCUT2D eigenvalue weighted by Crippen LogP contribution is -2.12. The molecule has 2 heterocycles. The predicted molar refractivity (Wildman–Crippen MR) is 80.5 cm³/mol. The van der Waals surface area contributed by atoms with Crippen molar-refractivity contribution in [3.05, 3.63) is 52.3 Å². The van der Waals surface area contributed by atoms with Crippen molar-refractivity contribution in [2.24, 2.45) is 0 Å². The molecule has 19 heavy (non-hydrogen) atoms. The number of rotatable bonds is 5. The standard InChI is InChI=1S/C15H17N3S/c1-2-16-10-14-13-7-3-4-8-15(13)18(17-14)11-12-6-5-9-19-12/h3-9,16H,2,10-11H2,1H3. The monoisotopic (exact) mass is 271 g/mol. The molecule has 0 aliphatic carbocycles. The summed E-state index contributed by atoms with van der Waals surface area (Å²) in [6, 6.07) is 12.7. The zero-order chi connectivity index (χ0) is 13.1. The smallest absolute Gasteiger partial charge is 0.0841 e. The lowest BCUT2D eigenvalue weighted by atomic mass is 10.2. The van der Waals surface area contributed by atoms with Crippen LogP contribution in [0.15, 0.2) is 41.8 Å². The van der Waals surface area contributed by atoms with Crippen LogP contribution in [0, 0.1) is 0 Å². The number of thiophene rings is 1. The molecule has 0 saturated carbocycles. The molecule has 98 valence electrons. The number of benzene rings is 1. The van der Waals surface area contributed by atoms with Crippen LogP contribution in [-0.4, -0.2) is 16.3 Å². The third-order valence-electron chi connectivity index (χ3n) is 3.16. The average Bonchev–Trinajstić information content (AvgIpc) is 3.06. The van der Waals surface area contributed by atoms with Crippen LogP contribution in [0.4, 0.5) is 0 Å². The van der Waals surface area contributed by atoms with Crippen LogP contribution < -0.4 is 5.32 Å². The Hall–Kier alpha value is -1.65. The van der Waals surface area contributed by atoms with Gasteiger partial charge in [0.15, 0.2) is 0 Å². The molecule has 0 atom stereocenters. The topological polar surface area (TPSA) is 29.9 Å². The molecular weight excluding hydrogens is 254 g/mol. The summed E-state index contributed by atoms with van der Waals surface area (Å²) in [5.41, 5.74) is 2.35. The molecule has 4 heteroatoms. The Morgan fingerprint density at radius 3 is 2.89 bits per heavy atom. The summed E-state index contributed by atoms with van der Waals surface area (Å²) in [5.74, 6) is 0. The fourth-order valence-electron chi connectivity index (χ4n) is 2.24. The molecule has 0 aliphatic rings. The quantitative estimate of drug-likeness (QED) is 0.772. The van der Waals surface area contributed by atoms with Gasteiger partial charge < -0.3 is 5.32 Å². The normalized spacial score (nSPS) is 11.2. The lowest BCUT2D eigenvalue weighted by Gasteiger charge is -2.00. The molecule has 3 nitrogen and oxygen atoms in total. The van der Waals surface area contributed by atoms with Crippen LogP contribution in [0.2, 0.25) is 0 Å². The number of nitrogens with zero attached hydrogens (tertiary/aromatic N) is 2. The summed E-state index contributed by atoms with van der Waals surface area (Å²) in [6.07, 6.45) is 0. The second-order valence-corrected chi connectivity index (χ2v) is 5.51. The van der Waals surface area contributed by atoms with Crippen molar-refractivity contribution in [1.29, 1.82) is 0 Å². The number of hydrogen-bond donors (Lipinski definition) is 1. The van der Waals surface area contributed by atoms with Crippen LogP contribution in [0.1, 0.15) is 17.5 Å². The molecule has 0 bridgehead atoms. The highest BCUT2D eigenvalue weighted by molar-refractivity contribution is 7.09. The maximum absolute atomic E-state index is 4.76. The third kappa shape index (κ3) is 2.55. The van der Waals surface area contributed by atoms with Crippen molar-refractivity contribution in [1.82, 2.24) is 15.1 Å². The van der Waals surface area contributed by atoms with Gasteiger partial charge in [-0.3, -0.25) is 4.68 Å². The van der Waals surface area contributed by atoms with Crippen molar-refractivity contribution in [3.63, 3.8) is 0 Å². The van der Waals surface area contributed by atoms with E-state index >= 15 is 0 Å². The maximum atomic E-state index is 4.76. The fraction of sp³-hybridized carbons (Fsp3) is 0.267. The van der Waals surface area contributed by atoms with Gasteiger partial charge in [0.2, 0.25) is 0 Å². The SMILES string of the molecule is CCNCc1nn(Cc2cccs2)c2ccccc12. The minimum atomic E-state index is 0.828. The van der Waals surface area contributed by atoms with Gasteiger partial charge in [-0.15, -0.1) is 11.3 Å². The number of hydrogen-bond acceptors (Lipinski definition) is 3. The third-order valence-corrected chi connectivity index (χ3v) is 4.02. The van der Waals surface area contributed by atoms with Gasteiger partial charge in [-0.2, -0.15) is 5.10 Å². The molecule has 0 spiro atoms. The molecular formula is C15H17N3S. The number of fused-ring (bicyclic) bond motifs is 1. The summed E-state index contributed by atoms with van der Waals surface area (Å²) < 4.78 is 2.10. The van der Waals surface area contributed by atoms with E-state index in [9.17, 15) is 0 Å². The zero-order valence-corrected chi connectivity index (χ0v) is 11.8. The number of aromatic nitrogens is 2. The van der Waals surface area contributed by atoms with E-state index in [-0.39, 0.29) is 0 Å². The Morgan fingerprint density at radius 1 is 1.21 bits per heavy atom. The summed E-state index contributed by atoms with van der Waals surface area (Å²) in [7, 11) is 0. The van der Waals surface area contributed by atoms with Gasteiger partial charge >= 0.3 is 0 Å². The number of nitrogens with one attached hydrogen (secondary N) is 1. The van der Waals surface area contributed by atoms with Crippen LogP contribution >= 0.6 is 11.3 Å². The van der Waals surface area contributed by atoms with E-state index < -0.39 is 0 Å². The summed E-state index contributed by atoms with van der Waals surface area (Å²) in [6.45, 7) is 4.76. The summed E-state index contributed by atoms with van der Waals surface area (Å²) in [4.78, 5) is 1.34.